The molecule has 1 heterocycles. The number of anilines is 1. The Hall–Kier alpha value is -0.400. The number of benzene rings is 1. The first-order valence-corrected chi connectivity index (χ1v) is 4.26. The fourth-order valence-electron chi connectivity index (χ4n) is 1.27. The van der Waals surface area contributed by atoms with Gasteiger partial charge in [0, 0.05) is 17.1 Å². The molecule has 0 saturated heterocycles. The van der Waals surface area contributed by atoms with Crippen molar-refractivity contribution < 1.29 is 0 Å². The van der Waals surface area contributed by atoms with E-state index in [1.165, 1.54) is 5.56 Å². The summed E-state index contributed by atoms with van der Waals surface area (Å²) in [5.41, 5.74) is 2.34. The molecule has 1 nitrogen and oxygen atoms in total. The minimum atomic E-state index is 0.0310. The standard InChI is InChI=1S/C8H7Cl2N/c9-6-2-1-5-3-8(10)11-7(5)4-6/h1-2,4,8,11H,3H2. The van der Waals surface area contributed by atoms with Crippen LogP contribution in [0.15, 0.2) is 18.2 Å². The van der Waals surface area contributed by atoms with Gasteiger partial charge in [-0.25, -0.2) is 0 Å². The largest absolute Gasteiger partial charge is 0.369 e. The second-order valence-corrected chi connectivity index (χ2v) is 3.58. The molecule has 0 aromatic heterocycles. The number of hydrogen-bond acceptors (Lipinski definition) is 1. The number of halogens is 2. The van der Waals surface area contributed by atoms with Crippen molar-refractivity contribution in [3.05, 3.63) is 28.8 Å². The smallest absolute Gasteiger partial charge is 0.105 e. The molecule has 2 rings (SSSR count). The van der Waals surface area contributed by atoms with Crippen molar-refractivity contribution in [2.75, 3.05) is 5.32 Å². The van der Waals surface area contributed by atoms with E-state index in [1.807, 2.05) is 18.2 Å². The summed E-state index contributed by atoms with van der Waals surface area (Å²) in [6.07, 6.45) is 0.883. The van der Waals surface area contributed by atoms with E-state index >= 15 is 0 Å². The van der Waals surface area contributed by atoms with Gasteiger partial charge in [-0.05, 0) is 17.7 Å². The summed E-state index contributed by atoms with van der Waals surface area (Å²) in [7, 11) is 0. The highest BCUT2D eigenvalue weighted by molar-refractivity contribution is 6.31. The SMILES string of the molecule is Clc1ccc2c(c1)NC(Cl)C2. The Balaban J connectivity index is 2.43. The van der Waals surface area contributed by atoms with Gasteiger partial charge >= 0.3 is 0 Å². The van der Waals surface area contributed by atoms with Crippen LogP contribution in [0.5, 0.6) is 0 Å². The normalized spacial score (nSPS) is 21.1. The van der Waals surface area contributed by atoms with Gasteiger partial charge < -0.3 is 5.32 Å². The monoisotopic (exact) mass is 187 g/mol. The minimum absolute atomic E-state index is 0.0310. The average molecular weight is 188 g/mol. The van der Waals surface area contributed by atoms with Crippen LogP contribution in [-0.4, -0.2) is 5.50 Å². The van der Waals surface area contributed by atoms with Crippen molar-refractivity contribution in [1.82, 2.24) is 0 Å². The zero-order chi connectivity index (χ0) is 7.84. The highest BCUT2D eigenvalue weighted by atomic mass is 35.5. The molecule has 0 radical (unpaired) electrons. The molecule has 0 bridgehead atoms. The zero-order valence-corrected chi connectivity index (χ0v) is 7.28. The molecular formula is C8H7Cl2N. The Morgan fingerprint density at radius 3 is 3.09 bits per heavy atom. The Morgan fingerprint density at radius 1 is 1.45 bits per heavy atom. The molecule has 1 N–H and O–H groups in total. The molecule has 0 aliphatic carbocycles. The van der Waals surface area contributed by atoms with Crippen LogP contribution in [0.2, 0.25) is 5.02 Å². The summed E-state index contributed by atoms with van der Waals surface area (Å²) in [4.78, 5) is 0. The molecule has 0 spiro atoms. The lowest BCUT2D eigenvalue weighted by Gasteiger charge is -1.99. The van der Waals surface area contributed by atoms with Gasteiger partial charge in [-0.2, -0.15) is 0 Å². The maximum atomic E-state index is 5.88. The molecule has 0 amide bonds. The highest BCUT2D eigenvalue weighted by Crippen LogP contribution is 2.29. The third-order valence-electron chi connectivity index (χ3n) is 1.78. The molecule has 1 aliphatic rings. The predicted octanol–water partition coefficient (Wildman–Crippen LogP) is 2.87. The summed E-state index contributed by atoms with van der Waals surface area (Å²) in [6, 6.07) is 5.79. The number of rotatable bonds is 0. The van der Waals surface area contributed by atoms with Crippen LogP contribution in [0.3, 0.4) is 0 Å². The van der Waals surface area contributed by atoms with Gasteiger partial charge in [-0.1, -0.05) is 29.3 Å². The third kappa shape index (κ3) is 1.31. The number of fused-ring (bicyclic) bond motifs is 1. The van der Waals surface area contributed by atoms with Crippen LogP contribution < -0.4 is 5.32 Å². The Kier molecular flexibility index (Phi) is 1.70. The molecule has 0 saturated carbocycles. The summed E-state index contributed by atoms with van der Waals surface area (Å²) >= 11 is 11.7. The second kappa shape index (κ2) is 2.58. The quantitative estimate of drug-likeness (QED) is 0.487. The third-order valence-corrected chi connectivity index (χ3v) is 2.28. The van der Waals surface area contributed by atoms with Crippen LogP contribution in [-0.2, 0) is 6.42 Å². The fourth-order valence-corrected chi connectivity index (χ4v) is 1.73. The lowest BCUT2D eigenvalue weighted by molar-refractivity contribution is 1.02. The van der Waals surface area contributed by atoms with Crippen LogP contribution in [0.1, 0.15) is 5.56 Å². The number of alkyl halides is 1. The van der Waals surface area contributed by atoms with E-state index in [4.69, 9.17) is 23.2 Å². The Labute approximate surface area is 75.3 Å². The van der Waals surface area contributed by atoms with E-state index in [-0.39, 0.29) is 5.50 Å². The predicted molar refractivity (Wildman–Crippen MR) is 48.4 cm³/mol. The second-order valence-electron chi connectivity index (χ2n) is 2.62. The Morgan fingerprint density at radius 2 is 2.27 bits per heavy atom. The van der Waals surface area contributed by atoms with Crippen LogP contribution >= 0.6 is 23.2 Å². The van der Waals surface area contributed by atoms with E-state index in [2.05, 4.69) is 5.32 Å². The molecule has 1 atom stereocenters. The molecular weight excluding hydrogens is 181 g/mol. The van der Waals surface area contributed by atoms with E-state index in [9.17, 15) is 0 Å². The molecule has 1 aliphatic heterocycles. The first-order chi connectivity index (χ1) is 5.25. The molecule has 0 fully saturated rings. The van der Waals surface area contributed by atoms with Gasteiger partial charge in [0.2, 0.25) is 0 Å². The maximum Gasteiger partial charge on any atom is 0.105 e. The van der Waals surface area contributed by atoms with E-state index in [0.717, 1.165) is 17.1 Å². The van der Waals surface area contributed by atoms with Crippen molar-refractivity contribution in [2.45, 2.75) is 11.9 Å². The van der Waals surface area contributed by atoms with Crippen LogP contribution in [0.4, 0.5) is 5.69 Å². The molecule has 58 valence electrons. The summed E-state index contributed by atoms with van der Waals surface area (Å²) in [6.45, 7) is 0. The van der Waals surface area contributed by atoms with Crippen LogP contribution in [0, 0.1) is 0 Å². The topological polar surface area (TPSA) is 12.0 Å². The maximum absolute atomic E-state index is 5.88. The average Bonchev–Trinajstić information content (AvgIpc) is 2.27. The van der Waals surface area contributed by atoms with E-state index in [0.29, 0.717) is 0 Å². The molecule has 11 heavy (non-hydrogen) atoms. The number of nitrogens with one attached hydrogen (secondary N) is 1. The van der Waals surface area contributed by atoms with Gasteiger partial charge in [0.25, 0.3) is 0 Å². The van der Waals surface area contributed by atoms with E-state index in [1.54, 1.807) is 0 Å². The van der Waals surface area contributed by atoms with Crippen molar-refractivity contribution in [3.8, 4) is 0 Å². The van der Waals surface area contributed by atoms with Crippen LogP contribution in [0.25, 0.3) is 0 Å². The lowest BCUT2D eigenvalue weighted by Crippen LogP contribution is -2.04. The van der Waals surface area contributed by atoms with Gasteiger partial charge in [0.1, 0.15) is 5.50 Å². The number of hydrogen-bond donors (Lipinski definition) is 1. The van der Waals surface area contributed by atoms with Crippen molar-refractivity contribution in [3.63, 3.8) is 0 Å². The summed E-state index contributed by atoms with van der Waals surface area (Å²) < 4.78 is 0. The fraction of sp³-hybridized carbons (Fsp3) is 0.250. The zero-order valence-electron chi connectivity index (χ0n) is 5.77. The Bertz CT molecular complexity index is 285. The molecule has 1 aromatic rings. The van der Waals surface area contributed by atoms with E-state index < -0.39 is 0 Å². The molecule has 1 aromatic carbocycles. The minimum Gasteiger partial charge on any atom is -0.369 e. The highest BCUT2D eigenvalue weighted by Gasteiger charge is 2.17. The first-order valence-electron chi connectivity index (χ1n) is 3.45. The molecule has 1 unspecified atom stereocenters. The van der Waals surface area contributed by atoms with Crippen molar-refractivity contribution in [1.29, 1.82) is 0 Å². The van der Waals surface area contributed by atoms with Gasteiger partial charge in [-0.3, -0.25) is 0 Å². The van der Waals surface area contributed by atoms with Gasteiger partial charge in [0.15, 0.2) is 0 Å². The summed E-state index contributed by atoms with van der Waals surface area (Å²) in [5, 5.41) is 3.87. The molecule has 3 heteroatoms. The summed E-state index contributed by atoms with van der Waals surface area (Å²) in [5.74, 6) is 0. The lowest BCUT2D eigenvalue weighted by atomic mass is 10.2. The van der Waals surface area contributed by atoms with Gasteiger partial charge in [-0.15, -0.1) is 0 Å². The van der Waals surface area contributed by atoms with Gasteiger partial charge in [0.05, 0.1) is 0 Å². The van der Waals surface area contributed by atoms with Crippen molar-refractivity contribution >= 4 is 28.9 Å². The first kappa shape index (κ1) is 7.26. The van der Waals surface area contributed by atoms with Crippen molar-refractivity contribution in [2.24, 2.45) is 0 Å².